The van der Waals surface area contributed by atoms with Gasteiger partial charge in [0.25, 0.3) is 0 Å². The van der Waals surface area contributed by atoms with Crippen LogP contribution in [0.2, 0.25) is 0 Å². The van der Waals surface area contributed by atoms with Crippen molar-refractivity contribution in [3.8, 4) is 0 Å². The van der Waals surface area contributed by atoms with Gasteiger partial charge in [-0.05, 0) is 79.0 Å². The lowest BCUT2D eigenvalue weighted by Gasteiger charge is -2.59. The van der Waals surface area contributed by atoms with Gasteiger partial charge in [-0.15, -0.1) is 0 Å². The normalized spacial score (nSPS) is 38.2. The molecule has 1 heterocycles. The number of carbonyl (C=O) groups excluding carboxylic acids is 2. The van der Waals surface area contributed by atoms with Crippen LogP contribution in [-0.4, -0.2) is 58.3 Å². The number of ether oxygens (including phenoxy) is 2. The van der Waals surface area contributed by atoms with Crippen molar-refractivity contribution in [2.45, 2.75) is 76.8 Å². The van der Waals surface area contributed by atoms with Gasteiger partial charge in [-0.25, -0.2) is 0 Å². The van der Waals surface area contributed by atoms with Crippen LogP contribution in [0.1, 0.15) is 62.5 Å². The standard InChI is InChI=1S/C37H43NO7/c1-35-13-12-27(41)16-25(35)10-11-28-29-17-32-37(31(43)21-40,36(29,2)18-30(42)33(28)35)45-34(44-32)24-8-4-6-22(14-24)19-38(3)26-9-5-7-23(15-26)20-39/h4-9,12-16,28-30,32-34,39-40,42H,10-11,17-21H2,1-3H3/t28-,29-,30-,32+,33+,34+,35-,36-,37+/m0/s1. The molecule has 0 amide bonds. The van der Waals surface area contributed by atoms with Crippen LogP contribution in [0.4, 0.5) is 5.69 Å². The van der Waals surface area contributed by atoms with E-state index in [1.807, 2.05) is 61.7 Å². The van der Waals surface area contributed by atoms with E-state index < -0.39 is 47.3 Å². The van der Waals surface area contributed by atoms with Gasteiger partial charge in [0.2, 0.25) is 0 Å². The number of aliphatic hydroxyl groups excluding tert-OH is 3. The maximum atomic E-state index is 13.9. The predicted molar refractivity (Wildman–Crippen MR) is 168 cm³/mol. The Morgan fingerprint density at radius 3 is 2.64 bits per heavy atom. The highest BCUT2D eigenvalue weighted by Gasteiger charge is 2.75. The molecule has 7 rings (SSSR count). The second kappa shape index (κ2) is 11.0. The maximum Gasteiger partial charge on any atom is 0.193 e. The van der Waals surface area contributed by atoms with Gasteiger partial charge in [0.05, 0.1) is 18.8 Å². The van der Waals surface area contributed by atoms with Crippen LogP contribution in [-0.2, 0) is 32.2 Å². The summed E-state index contributed by atoms with van der Waals surface area (Å²) in [5, 5.41) is 31.7. The minimum Gasteiger partial charge on any atom is -0.393 e. The smallest absolute Gasteiger partial charge is 0.193 e. The fourth-order valence-corrected chi connectivity index (χ4v) is 9.93. The summed E-state index contributed by atoms with van der Waals surface area (Å²) in [5.41, 5.74) is 2.22. The molecule has 4 aliphatic carbocycles. The number of benzene rings is 2. The average Bonchev–Trinajstić information content (AvgIpc) is 3.54. The molecule has 9 atom stereocenters. The minimum atomic E-state index is -1.38. The summed E-state index contributed by atoms with van der Waals surface area (Å²) in [6.07, 6.45) is 5.84. The third kappa shape index (κ3) is 4.52. The van der Waals surface area contributed by atoms with Gasteiger partial charge < -0.3 is 29.7 Å². The number of fused-ring (bicyclic) bond motifs is 7. The van der Waals surface area contributed by atoms with Crippen molar-refractivity contribution < 1.29 is 34.4 Å². The Balaban J connectivity index is 1.17. The molecule has 0 radical (unpaired) electrons. The molecule has 1 saturated heterocycles. The summed E-state index contributed by atoms with van der Waals surface area (Å²) in [6, 6.07) is 15.8. The first kappa shape index (κ1) is 30.5. The molecule has 2 aromatic rings. The van der Waals surface area contributed by atoms with E-state index in [2.05, 4.69) is 18.7 Å². The maximum absolute atomic E-state index is 13.9. The van der Waals surface area contributed by atoms with Gasteiger partial charge in [-0.2, -0.15) is 0 Å². The van der Waals surface area contributed by atoms with Gasteiger partial charge in [-0.1, -0.05) is 55.8 Å². The fourth-order valence-electron chi connectivity index (χ4n) is 9.93. The van der Waals surface area contributed by atoms with E-state index in [9.17, 15) is 24.9 Å². The summed E-state index contributed by atoms with van der Waals surface area (Å²) >= 11 is 0. The van der Waals surface area contributed by atoms with E-state index in [0.717, 1.165) is 40.8 Å². The van der Waals surface area contributed by atoms with Gasteiger partial charge in [0.1, 0.15) is 6.61 Å². The average molecular weight is 614 g/mol. The molecule has 5 aliphatic rings. The van der Waals surface area contributed by atoms with Crippen molar-refractivity contribution in [3.05, 3.63) is 89.0 Å². The lowest BCUT2D eigenvalue weighted by molar-refractivity contribution is -0.201. The fraction of sp³-hybridized carbons (Fsp3) is 0.514. The number of rotatable bonds is 7. The Morgan fingerprint density at radius 1 is 1.09 bits per heavy atom. The first-order valence-corrected chi connectivity index (χ1v) is 16.1. The second-order valence-electron chi connectivity index (χ2n) is 14.3. The van der Waals surface area contributed by atoms with Crippen molar-refractivity contribution in [1.29, 1.82) is 0 Å². The molecule has 3 saturated carbocycles. The first-order chi connectivity index (χ1) is 21.5. The highest BCUT2D eigenvalue weighted by atomic mass is 16.7. The van der Waals surface area contributed by atoms with E-state index in [0.29, 0.717) is 19.4 Å². The van der Waals surface area contributed by atoms with Crippen LogP contribution < -0.4 is 4.90 Å². The van der Waals surface area contributed by atoms with Crippen LogP contribution in [0.15, 0.2) is 72.3 Å². The molecule has 2 aromatic carbocycles. The number of anilines is 1. The Kier molecular flexibility index (Phi) is 7.45. The number of Topliss-reactive ketones (excluding diaryl/α,β-unsaturated/α-hetero) is 1. The highest BCUT2D eigenvalue weighted by molar-refractivity contribution is 6.01. The molecule has 8 heteroatoms. The number of ketones is 2. The van der Waals surface area contributed by atoms with Crippen LogP contribution >= 0.6 is 0 Å². The minimum absolute atomic E-state index is 0.00147. The van der Waals surface area contributed by atoms with E-state index in [-0.39, 0.29) is 30.1 Å². The van der Waals surface area contributed by atoms with Crippen molar-refractivity contribution in [2.24, 2.45) is 28.6 Å². The topological polar surface area (TPSA) is 117 Å². The number of aliphatic hydroxyl groups is 3. The number of carbonyl (C=O) groups is 2. The third-order valence-electron chi connectivity index (χ3n) is 12.0. The summed E-state index contributed by atoms with van der Waals surface area (Å²) in [7, 11) is 2.00. The van der Waals surface area contributed by atoms with Crippen molar-refractivity contribution in [1.82, 2.24) is 0 Å². The Labute approximate surface area is 264 Å². The summed E-state index contributed by atoms with van der Waals surface area (Å²) in [4.78, 5) is 28.2. The van der Waals surface area contributed by atoms with E-state index in [1.165, 1.54) is 0 Å². The van der Waals surface area contributed by atoms with Gasteiger partial charge >= 0.3 is 0 Å². The lowest BCUT2D eigenvalue weighted by Crippen LogP contribution is -2.63. The summed E-state index contributed by atoms with van der Waals surface area (Å²) < 4.78 is 13.4. The highest BCUT2D eigenvalue weighted by Crippen LogP contribution is 2.70. The van der Waals surface area contributed by atoms with E-state index in [4.69, 9.17) is 9.47 Å². The Bertz CT molecular complexity index is 1580. The molecule has 0 unspecified atom stereocenters. The van der Waals surface area contributed by atoms with Crippen LogP contribution in [0.25, 0.3) is 0 Å². The Morgan fingerprint density at radius 2 is 1.87 bits per heavy atom. The molecule has 4 fully saturated rings. The monoisotopic (exact) mass is 613 g/mol. The quantitative estimate of drug-likeness (QED) is 0.421. The molecule has 0 bridgehead atoms. The number of nitrogens with zero attached hydrogens (tertiary/aromatic N) is 1. The molecule has 3 N–H and O–H groups in total. The van der Waals surface area contributed by atoms with E-state index >= 15 is 0 Å². The Hall–Kier alpha value is -3.14. The summed E-state index contributed by atoms with van der Waals surface area (Å²) in [6.45, 7) is 4.12. The zero-order valence-corrected chi connectivity index (χ0v) is 26.2. The van der Waals surface area contributed by atoms with Gasteiger partial charge in [0.15, 0.2) is 23.5 Å². The van der Waals surface area contributed by atoms with Gasteiger partial charge in [-0.3, -0.25) is 9.59 Å². The third-order valence-corrected chi connectivity index (χ3v) is 12.0. The second-order valence-corrected chi connectivity index (χ2v) is 14.3. The zero-order valence-electron chi connectivity index (χ0n) is 26.2. The molecule has 1 aliphatic heterocycles. The molecule has 45 heavy (non-hydrogen) atoms. The summed E-state index contributed by atoms with van der Waals surface area (Å²) in [5.74, 6) is -0.315. The first-order valence-electron chi connectivity index (χ1n) is 16.1. The van der Waals surface area contributed by atoms with Crippen LogP contribution in [0.5, 0.6) is 0 Å². The largest absolute Gasteiger partial charge is 0.393 e. The number of allylic oxidation sites excluding steroid dienone is 4. The number of hydrogen-bond acceptors (Lipinski definition) is 8. The predicted octanol–water partition coefficient (Wildman–Crippen LogP) is 4.42. The zero-order chi connectivity index (χ0) is 31.7. The van der Waals surface area contributed by atoms with Crippen LogP contribution in [0, 0.1) is 28.6 Å². The SMILES string of the molecule is CN(Cc1cccc([C@@H]2O[C@@H]3C[C@H]4[C@@H]5CCC6=CC(=O)C=C[C@]6(C)[C@H]5[C@@H](O)C[C@]4(C)[C@]3(C(=O)CO)O2)c1)c1cccc(CO)c1. The lowest BCUT2D eigenvalue weighted by atomic mass is 9.46. The van der Waals surface area contributed by atoms with Crippen LogP contribution in [0.3, 0.4) is 0 Å². The molecule has 0 aromatic heterocycles. The number of hydrogen-bond donors (Lipinski definition) is 3. The van der Waals surface area contributed by atoms with E-state index in [1.54, 1.807) is 12.2 Å². The molecule has 8 nitrogen and oxygen atoms in total. The van der Waals surface area contributed by atoms with Gasteiger partial charge in [0, 0.05) is 41.6 Å². The molecular formula is C37H43NO7. The van der Waals surface area contributed by atoms with Crippen molar-refractivity contribution in [2.75, 3.05) is 18.6 Å². The van der Waals surface area contributed by atoms with Crippen molar-refractivity contribution in [3.63, 3.8) is 0 Å². The molecule has 238 valence electrons. The van der Waals surface area contributed by atoms with Crippen molar-refractivity contribution >= 4 is 17.3 Å². The molecule has 0 spiro atoms. The molecular weight excluding hydrogens is 570 g/mol.